The number of hydrogen-bond acceptors (Lipinski definition) is 3. The van der Waals surface area contributed by atoms with Crippen molar-refractivity contribution in [3.05, 3.63) is 33.9 Å². The van der Waals surface area contributed by atoms with Crippen molar-refractivity contribution in [3.8, 4) is 16.6 Å². The van der Waals surface area contributed by atoms with Gasteiger partial charge in [0.05, 0.1) is 16.6 Å². The molecule has 0 aromatic carbocycles. The van der Waals surface area contributed by atoms with Crippen LogP contribution in [-0.2, 0) is 6.54 Å². The minimum absolute atomic E-state index is 0.0597. The van der Waals surface area contributed by atoms with Crippen LogP contribution in [0, 0.1) is 11.3 Å². The molecule has 0 bridgehead atoms. The van der Waals surface area contributed by atoms with Gasteiger partial charge >= 0.3 is 0 Å². The fourth-order valence-electron chi connectivity index (χ4n) is 1.18. The first-order valence-electron chi connectivity index (χ1n) is 4.02. The van der Waals surface area contributed by atoms with Crippen LogP contribution < -0.4 is 5.56 Å². The van der Waals surface area contributed by atoms with Crippen LogP contribution in [0.4, 0.5) is 0 Å². The summed E-state index contributed by atoms with van der Waals surface area (Å²) < 4.78 is 1.29. The van der Waals surface area contributed by atoms with Gasteiger partial charge in [0.15, 0.2) is 0 Å². The Bertz CT molecular complexity index is 515. The maximum absolute atomic E-state index is 11.3. The second kappa shape index (κ2) is 3.52. The Hall–Kier alpha value is -1.80. The number of aromatic amines is 1. The molecule has 1 N–H and O–H groups in total. The van der Waals surface area contributed by atoms with E-state index in [-0.39, 0.29) is 12.1 Å². The van der Waals surface area contributed by atoms with Gasteiger partial charge in [-0.25, -0.2) is 4.68 Å². The number of aromatic nitrogens is 2. The van der Waals surface area contributed by atoms with Gasteiger partial charge in [-0.05, 0) is 11.4 Å². The van der Waals surface area contributed by atoms with Gasteiger partial charge in [-0.3, -0.25) is 9.89 Å². The number of rotatable bonds is 2. The molecule has 4 nitrogen and oxygen atoms in total. The highest BCUT2D eigenvalue weighted by Crippen LogP contribution is 2.20. The number of nitrogens with one attached hydrogen (secondary N) is 1. The van der Waals surface area contributed by atoms with E-state index in [9.17, 15) is 4.79 Å². The highest BCUT2D eigenvalue weighted by molar-refractivity contribution is 7.13. The van der Waals surface area contributed by atoms with Crippen LogP contribution in [0.3, 0.4) is 0 Å². The second-order valence-electron chi connectivity index (χ2n) is 2.73. The van der Waals surface area contributed by atoms with E-state index in [1.807, 2.05) is 23.6 Å². The van der Waals surface area contributed by atoms with Crippen molar-refractivity contribution >= 4 is 11.3 Å². The molecule has 14 heavy (non-hydrogen) atoms. The van der Waals surface area contributed by atoms with Gasteiger partial charge in [0.1, 0.15) is 6.54 Å². The molecule has 0 amide bonds. The number of H-pyrrole nitrogens is 1. The molecule has 0 aliphatic carbocycles. The Balaban J connectivity index is 2.44. The summed E-state index contributed by atoms with van der Waals surface area (Å²) in [6.45, 7) is 0.0597. The standard InChI is InChI=1S/C9H7N3OS/c10-3-4-12-9(13)6-7(11-12)8-2-1-5-14-8/h1-2,5-6,11H,4H2. The van der Waals surface area contributed by atoms with Gasteiger partial charge < -0.3 is 0 Å². The third kappa shape index (κ3) is 1.47. The number of nitrogens with zero attached hydrogens (tertiary/aromatic N) is 2. The Kier molecular flexibility index (Phi) is 2.21. The summed E-state index contributed by atoms with van der Waals surface area (Å²) >= 11 is 1.55. The van der Waals surface area contributed by atoms with E-state index in [4.69, 9.17) is 5.26 Å². The molecule has 70 valence electrons. The molecule has 0 radical (unpaired) electrons. The topological polar surface area (TPSA) is 61.6 Å². The van der Waals surface area contributed by atoms with E-state index in [1.54, 1.807) is 11.3 Å². The van der Waals surface area contributed by atoms with Gasteiger partial charge in [-0.1, -0.05) is 6.07 Å². The summed E-state index contributed by atoms with van der Waals surface area (Å²) in [4.78, 5) is 12.3. The van der Waals surface area contributed by atoms with Crippen LogP contribution in [0.1, 0.15) is 0 Å². The highest BCUT2D eigenvalue weighted by atomic mass is 32.1. The largest absolute Gasteiger partial charge is 0.293 e. The fourth-order valence-corrected chi connectivity index (χ4v) is 1.87. The Morgan fingerprint density at radius 1 is 1.64 bits per heavy atom. The lowest BCUT2D eigenvalue weighted by Crippen LogP contribution is -2.14. The average molecular weight is 205 g/mol. The lowest BCUT2D eigenvalue weighted by molar-refractivity contribution is 0.688. The second-order valence-corrected chi connectivity index (χ2v) is 3.68. The lowest BCUT2D eigenvalue weighted by atomic mass is 10.3. The molecule has 2 rings (SSSR count). The number of hydrogen-bond donors (Lipinski definition) is 1. The molecule has 2 aromatic heterocycles. The van der Waals surface area contributed by atoms with Gasteiger partial charge in [-0.15, -0.1) is 11.3 Å². The summed E-state index contributed by atoms with van der Waals surface area (Å²) in [6.07, 6.45) is 0. The summed E-state index contributed by atoms with van der Waals surface area (Å²) in [5, 5.41) is 13.3. The average Bonchev–Trinajstić information content (AvgIpc) is 2.76. The molecule has 0 saturated heterocycles. The minimum Gasteiger partial charge on any atom is -0.293 e. The quantitative estimate of drug-likeness (QED) is 0.806. The number of thiophene rings is 1. The molecule has 0 spiro atoms. The highest BCUT2D eigenvalue weighted by Gasteiger charge is 2.04. The molecule has 0 atom stereocenters. The lowest BCUT2D eigenvalue weighted by Gasteiger charge is -1.92. The zero-order chi connectivity index (χ0) is 9.97. The van der Waals surface area contributed by atoms with Crippen molar-refractivity contribution in [2.45, 2.75) is 6.54 Å². The fraction of sp³-hybridized carbons (Fsp3) is 0.111. The van der Waals surface area contributed by atoms with E-state index in [0.29, 0.717) is 0 Å². The Labute approximate surface area is 84.0 Å². The Morgan fingerprint density at radius 3 is 3.14 bits per heavy atom. The zero-order valence-corrected chi connectivity index (χ0v) is 8.04. The van der Waals surface area contributed by atoms with Crippen molar-refractivity contribution in [3.63, 3.8) is 0 Å². The van der Waals surface area contributed by atoms with E-state index in [2.05, 4.69) is 5.10 Å². The molecular formula is C9H7N3OS. The molecular weight excluding hydrogens is 198 g/mol. The van der Waals surface area contributed by atoms with E-state index in [0.717, 1.165) is 10.6 Å². The molecule has 0 fully saturated rings. The van der Waals surface area contributed by atoms with Gasteiger partial charge in [0.2, 0.25) is 0 Å². The maximum Gasteiger partial charge on any atom is 0.268 e. The molecule has 2 aromatic rings. The summed E-state index contributed by atoms with van der Waals surface area (Å²) in [5.74, 6) is 0. The molecule has 0 unspecified atom stereocenters. The zero-order valence-electron chi connectivity index (χ0n) is 7.23. The molecule has 0 aliphatic heterocycles. The summed E-state index contributed by atoms with van der Waals surface area (Å²) in [5.41, 5.74) is 0.593. The molecule has 2 heterocycles. The molecule has 0 saturated carbocycles. The summed E-state index contributed by atoms with van der Waals surface area (Å²) in [7, 11) is 0. The minimum atomic E-state index is -0.171. The monoisotopic (exact) mass is 205 g/mol. The Morgan fingerprint density at radius 2 is 2.50 bits per heavy atom. The van der Waals surface area contributed by atoms with Crippen LogP contribution >= 0.6 is 11.3 Å². The maximum atomic E-state index is 11.3. The van der Waals surface area contributed by atoms with Crippen LogP contribution in [-0.4, -0.2) is 9.78 Å². The van der Waals surface area contributed by atoms with Crippen molar-refractivity contribution in [1.29, 1.82) is 5.26 Å². The number of nitriles is 1. The van der Waals surface area contributed by atoms with Crippen LogP contribution in [0.5, 0.6) is 0 Å². The smallest absolute Gasteiger partial charge is 0.268 e. The first kappa shape index (κ1) is 8.78. The van der Waals surface area contributed by atoms with Crippen molar-refractivity contribution in [2.75, 3.05) is 0 Å². The molecule has 0 aliphatic rings. The van der Waals surface area contributed by atoms with Gasteiger partial charge in [-0.2, -0.15) is 5.26 Å². The van der Waals surface area contributed by atoms with Gasteiger partial charge in [0, 0.05) is 6.07 Å². The predicted octanol–water partition coefficient (Wildman–Crippen LogP) is 1.43. The molecule has 5 heteroatoms. The predicted molar refractivity (Wildman–Crippen MR) is 54.0 cm³/mol. The van der Waals surface area contributed by atoms with Crippen molar-refractivity contribution in [2.24, 2.45) is 0 Å². The van der Waals surface area contributed by atoms with E-state index < -0.39 is 0 Å². The van der Waals surface area contributed by atoms with Gasteiger partial charge in [0.25, 0.3) is 5.56 Å². The van der Waals surface area contributed by atoms with Crippen LogP contribution in [0.25, 0.3) is 10.6 Å². The van der Waals surface area contributed by atoms with Crippen LogP contribution in [0.15, 0.2) is 28.4 Å². The van der Waals surface area contributed by atoms with E-state index >= 15 is 0 Å². The SMILES string of the molecule is N#CCn1[nH]c(-c2cccs2)cc1=O. The third-order valence-electron chi connectivity index (χ3n) is 1.80. The van der Waals surface area contributed by atoms with E-state index in [1.165, 1.54) is 10.7 Å². The van der Waals surface area contributed by atoms with Crippen molar-refractivity contribution in [1.82, 2.24) is 9.78 Å². The summed E-state index contributed by atoms with van der Waals surface area (Å²) in [6, 6.07) is 7.26. The van der Waals surface area contributed by atoms with Crippen molar-refractivity contribution < 1.29 is 0 Å². The first-order valence-corrected chi connectivity index (χ1v) is 4.90. The third-order valence-corrected chi connectivity index (χ3v) is 2.71. The normalized spacial score (nSPS) is 9.93. The van der Waals surface area contributed by atoms with Crippen LogP contribution in [0.2, 0.25) is 0 Å². The first-order chi connectivity index (χ1) is 6.81.